The van der Waals surface area contributed by atoms with Crippen LogP contribution in [0, 0.1) is 6.92 Å². The second-order valence-corrected chi connectivity index (χ2v) is 6.77. The average molecular weight is 474 g/mol. The van der Waals surface area contributed by atoms with E-state index in [-0.39, 0.29) is 11.6 Å². The molecule has 0 atom stereocenters. The normalized spacial score (nSPS) is 17.8. The van der Waals surface area contributed by atoms with Gasteiger partial charge < -0.3 is 0 Å². The number of allylic oxidation sites excluding steroid dienone is 5. The predicted octanol–water partition coefficient (Wildman–Crippen LogP) is 4.17. The molecule has 0 aromatic heterocycles. The van der Waals surface area contributed by atoms with Crippen LogP contribution in [0.15, 0.2) is 42.6 Å². The van der Waals surface area contributed by atoms with Crippen molar-refractivity contribution in [1.82, 2.24) is 0 Å². The molecule has 1 aromatic carbocycles. The highest BCUT2D eigenvalue weighted by Crippen LogP contribution is 2.39. The lowest BCUT2D eigenvalue weighted by atomic mass is 9.83. The molecule has 0 radical (unpaired) electrons. The Morgan fingerprint density at radius 3 is 2.47 bits per heavy atom. The van der Waals surface area contributed by atoms with Crippen molar-refractivity contribution in [2.75, 3.05) is 0 Å². The Hall–Kier alpha value is -0.760. The summed E-state index contributed by atoms with van der Waals surface area (Å²) >= 11 is 4.00. The zero-order valence-electron chi connectivity index (χ0n) is 9.96. The summed E-state index contributed by atoms with van der Waals surface area (Å²) in [7, 11) is 0. The lowest BCUT2D eigenvalue weighted by Gasteiger charge is -2.21. The first-order chi connectivity index (χ1) is 8.99. The first kappa shape index (κ1) is 13.2. The van der Waals surface area contributed by atoms with Crippen molar-refractivity contribution >= 4 is 62.8 Å². The van der Waals surface area contributed by atoms with E-state index in [1.54, 1.807) is 6.08 Å². The topological polar surface area (TPSA) is 34.1 Å². The molecule has 0 N–H and O–H groups in total. The maximum atomic E-state index is 12.6. The second-order valence-electron chi connectivity index (χ2n) is 4.53. The largest absolute Gasteiger partial charge is 0.289 e. The second kappa shape index (κ2) is 4.66. The van der Waals surface area contributed by atoms with Crippen LogP contribution in [0.1, 0.15) is 21.5 Å². The molecule has 2 aliphatic carbocycles. The highest BCUT2D eigenvalue weighted by Gasteiger charge is 2.31. The van der Waals surface area contributed by atoms with Crippen LogP contribution < -0.4 is 0 Å². The zero-order chi connectivity index (χ0) is 13.7. The molecule has 0 bridgehead atoms. The van der Waals surface area contributed by atoms with Gasteiger partial charge in [-0.25, -0.2) is 0 Å². The summed E-state index contributed by atoms with van der Waals surface area (Å²) < 4.78 is 1.17. The summed E-state index contributed by atoms with van der Waals surface area (Å²) in [5.74, 6) is -0.105. The number of hydrogen-bond donors (Lipinski definition) is 0. The predicted molar refractivity (Wildman–Crippen MR) is 91.6 cm³/mol. The molecule has 0 amide bonds. The van der Waals surface area contributed by atoms with E-state index in [1.165, 1.54) is 0 Å². The Kier molecular flexibility index (Phi) is 3.24. The van der Waals surface area contributed by atoms with Crippen LogP contribution in [0.5, 0.6) is 0 Å². The molecule has 0 unspecified atom stereocenters. The Bertz CT molecular complexity index is 737. The molecule has 4 heteroatoms. The maximum absolute atomic E-state index is 12.6. The van der Waals surface area contributed by atoms with Crippen LogP contribution in [0.25, 0.3) is 6.08 Å². The van der Waals surface area contributed by atoms with Gasteiger partial charge >= 0.3 is 0 Å². The van der Waals surface area contributed by atoms with E-state index in [0.717, 1.165) is 16.7 Å². The summed E-state index contributed by atoms with van der Waals surface area (Å²) in [6, 6.07) is 5.83. The van der Waals surface area contributed by atoms with Gasteiger partial charge in [0, 0.05) is 11.1 Å². The molecule has 0 saturated heterocycles. The lowest BCUT2D eigenvalue weighted by molar-refractivity contribution is -0.110. The minimum atomic E-state index is -0.0576. The number of carbonyl (C=O) groups excluding carboxylic acids is 2. The summed E-state index contributed by atoms with van der Waals surface area (Å²) in [4.78, 5) is 24.6. The van der Waals surface area contributed by atoms with Crippen molar-refractivity contribution in [2.24, 2.45) is 0 Å². The van der Waals surface area contributed by atoms with Crippen molar-refractivity contribution in [3.05, 3.63) is 59.3 Å². The number of rotatable bonds is 0. The van der Waals surface area contributed by atoms with Crippen molar-refractivity contribution in [3.63, 3.8) is 0 Å². The molecule has 19 heavy (non-hydrogen) atoms. The lowest BCUT2D eigenvalue weighted by Crippen LogP contribution is -2.19. The average Bonchev–Trinajstić information content (AvgIpc) is 2.37. The van der Waals surface area contributed by atoms with Crippen molar-refractivity contribution in [1.29, 1.82) is 0 Å². The monoisotopic (exact) mass is 474 g/mol. The first-order valence-electron chi connectivity index (χ1n) is 5.68. The van der Waals surface area contributed by atoms with Gasteiger partial charge in [0.1, 0.15) is 0 Å². The van der Waals surface area contributed by atoms with E-state index in [0.29, 0.717) is 18.3 Å². The molecule has 2 nitrogen and oxygen atoms in total. The molecule has 0 aliphatic heterocycles. The van der Waals surface area contributed by atoms with Crippen LogP contribution in [-0.4, -0.2) is 11.6 Å². The third kappa shape index (κ3) is 2.05. The van der Waals surface area contributed by atoms with E-state index in [4.69, 9.17) is 0 Å². The molecule has 3 rings (SSSR count). The van der Waals surface area contributed by atoms with E-state index in [9.17, 15) is 9.59 Å². The summed E-state index contributed by atoms with van der Waals surface area (Å²) in [5.41, 5.74) is 4.05. The molecule has 0 fully saturated rings. The molecular weight excluding hydrogens is 466 g/mol. The minimum Gasteiger partial charge on any atom is -0.289 e. The van der Waals surface area contributed by atoms with Crippen LogP contribution in [0.4, 0.5) is 0 Å². The number of hydrogen-bond acceptors (Lipinski definition) is 2. The van der Waals surface area contributed by atoms with Crippen LogP contribution in [0.2, 0.25) is 0 Å². The number of benzene rings is 1. The number of fused-ring (bicyclic) bond motifs is 2. The Morgan fingerprint density at radius 1 is 1.00 bits per heavy atom. The van der Waals surface area contributed by atoms with E-state index in [2.05, 4.69) is 0 Å². The summed E-state index contributed by atoms with van der Waals surface area (Å²) in [6.07, 6.45) is 3.77. The van der Waals surface area contributed by atoms with E-state index in [1.807, 2.05) is 76.4 Å². The van der Waals surface area contributed by atoms with Gasteiger partial charge in [-0.05, 0) is 81.5 Å². The third-order valence-corrected chi connectivity index (χ3v) is 5.03. The van der Waals surface area contributed by atoms with Crippen molar-refractivity contribution in [3.8, 4) is 0 Å². The van der Waals surface area contributed by atoms with Gasteiger partial charge in [-0.2, -0.15) is 0 Å². The number of Topliss-reactive ketones (excluding diaryl/α,β-unsaturated/α-hetero) is 2. The van der Waals surface area contributed by atoms with Gasteiger partial charge in [-0.3, -0.25) is 9.59 Å². The fourth-order valence-electron chi connectivity index (χ4n) is 2.26. The molecule has 2 aliphatic rings. The SMILES string of the molecule is Cc1ccc2c(c1)C(=O)C1=C(I)C(=O)C(I)=CC1=C2. The van der Waals surface area contributed by atoms with Gasteiger partial charge in [-0.1, -0.05) is 17.7 Å². The minimum absolute atomic E-state index is 0.0471. The van der Waals surface area contributed by atoms with Crippen molar-refractivity contribution in [2.45, 2.75) is 6.92 Å². The van der Waals surface area contributed by atoms with Gasteiger partial charge in [-0.15, -0.1) is 0 Å². The quantitative estimate of drug-likeness (QED) is 0.530. The van der Waals surface area contributed by atoms with Crippen LogP contribution >= 0.6 is 45.2 Å². The number of halogens is 2. The van der Waals surface area contributed by atoms with Crippen LogP contribution in [0.3, 0.4) is 0 Å². The molecule has 1 aromatic rings. The fourth-order valence-corrected chi connectivity index (χ4v) is 4.23. The number of carbonyl (C=O) groups is 2. The third-order valence-electron chi connectivity index (χ3n) is 3.20. The standard InChI is InChI=1S/C15H8I2O2/c1-7-2-3-8-5-9-6-11(16)15(19)13(17)12(9)14(18)10(8)4-7/h2-6H,1H3. The highest BCUT2D eigenvalue weighted by atomic mass is 127. The summed E-state index contributed by atoms with van der Waals surface area (Å²) in [5, 5.41) is 0. The van der Waals surface area contributed by atoms with E-state index < -0.39 is 0 Å². The maximum Gasteiger partial charge on any atom is 0.205 e. The molecule has 0 spiro atoms. The highest BCUT2D eigenvalue weighted by molar-refractivity contribution is 14.1. The molecule has 94 valence electrons. The Balaban J connectivity index is 2.31. The molecule has 0 heterocycles. The Morgan fingerprint density at radius 2 is 1.74 bits per heavy atom. The first-order valence-corrected chi connectivity index (χ1v) is 7.84. The molecule has 0 saturated carbocycles. The number of aryl methyl sites for hydroxylation is 1. The Labute approximate surface area is 137 Å². The zero-order valence-corrected chi connectivity index (χ0v) is 14.3. The van der Waals surface area contributed by atoms with Gasteiger partial charge in [0.05, 0.1) is 7.16 Å². The summed E-state index contributed by atoms with van der Waals surface area (Å²) in [6.45, 7) is 1.96. The van der Waals surface area contributed by atoms with Gasteiger partial charge in [0.15, 0.2) is 5.78 Å². The van der Waals surface area contributed by atoms with Crippen LogP contribution in [-0.2, 0) is 4.79 Å². The fraction of sp³-hybridized carbons (Fsp3) is 0.0667. The molecular formula is C15H8I2O2. The van der Waals surface area contributed by atoms with Gasteiger partial charge in [0.25, 0.3) is 0 Å². The smallest absolute Gasteiger partial charge is 0.205 e. The van der Waals surface area contributed by atoms with Crippen molar-refractivity contribution < 1.29 is 9.59 Å². The van der Waals surface area contributed by atoms with Gasteiger partial charge in [0.2, 0.25) is 5.78 Å². The van der Waals surface area contributed by atoms with E-state index >= 15 is 0 Å². The number of ketones is 2.